The molecule has 0 amide bonds. The number of likely N-dealkylation sites (N-methyl/N-ethyl adjacent to an activating group) is 1. The third-order valence-corrected chi connectivity index (χ3v) is 2.59. The topological polar surface area (TPSA) is 23.5 Å². The second-order valence-electron chi connectivity index (χ2n) is 4.43. The number of hydrogen-bond donors (Lipinski definition) is 1. The molecule has 0 saturated carbocycles. The van der Waals surface area contributed by atoms with Crippen molar-refractivity contribution >= 4 is 0 Å². The van der Waals surface area contributed by atoms with Gasteiger partial charge in [0.25, 0.3) is 0 Å². The van der Waals surface area contributed by atoms with Crippen LogP contribution in [0.5, 0.6) is 0 Å². The van der Waals surface area contributed by atoms with Gasteiger partial charge in [-0.05, 0) is 38.4 Å². The molecule has 0 radical (unpaired) electrons. The first kappa shape index (κ1) is 13.7. The van der Waals surface area contributed by atoms with E-state index in [0.29, 0.717) is 0 Å². The first-order valence-corrected chi connectivity index (χ1v) is 5.51. The Kier molecular flexibility index (Phi) is 6.85. The molecule has 0 spiro atoms. The fraction of sp³-hybridized carbons (Fsp3) is 0.833. The summed E-state index contributed by atoms with van der Waals surface area (Å²) in [4.78, 5) is 1.78. The lowest BCUT2D eigenvalue weighted by atomic mass is 9.97. The van der Waals surface area contributed by atoms with E-state index < -0.39 is 6.23 Å². The van der Waals surface area contributed by atoms with Crippen molar-refractivity contribution in [1.29, 1.82) is 0 Å². The number of hydrogen-bond acceptors (Lipinski definition) is 2. The van der Waals surface area contributed by atoms with Gasteiger partial charge in [-0.1, -0.05) is 33.3 Å². The molecule has 0 aromatic heterocycles. The van der Waals surface area contributed by atoms with E-state index in [4.69, 9.17) is 0 Å². The molecule has 2 heteroatoms. The molecule has 0 heterocycles. The highest BCUT2D eigenvalue weighted by Crippen LogP contribution is 2.17. The maximum atomic E-state index is 9.66. The molecule has 0 aliphatic heterocycles. The van der Waals surface area contributed by atoms with Gasteiger partial charge >= 0.3 is 0 Å². The number of aliphatic hydroxyl groups excluding tert-OH is 1. The Labute approximate surface area is 88.6 Å². The first-order chi connectivity index (χ1) is 6.49. The van der Waals surface area contributed by atoms with Crippen molar-refractivity contribution in [1.82, 2.24) is 4.90 Å². The van der Waals surface area contributed by atoms with Crippen LogP contribution in [0.15, 0.2) is 12.2 Å². The largest absolute Gasteiger partial charge is 0.374 e. The predicted molar refractivity (Wildman–Crippen MR) is 62.1 cm³/mol. The highest BCUT2D eigenvalue weighted by Gasteiger charge is 2.11. The van der Waals surface area contributed by atoms with Gasteiger partial charge in [0.1, 0.15) is 6.23 Å². The molecule has 14 heavy (non-hydrogen) atoms. The molecule has 84 valence electrons. The van der Waals surface area contributed by atoms with E-state index >= 15 is 0 Å². The van der Waals surface area contributed by atoms with Crippen LogP contribution in [0.3, 0.4) is 0 Å². The number of aliphatic hydroxyl groups is 1. The Bertz CT molecular complexity index is 166. The molecule has 0 aliphatic carbocycles. The van der Waals surface area contributed by atoms with Crippen molar-refractivity contribution in [3.8, 4) is 0 Å². The summed E-state index contributed by atoms with van der Waals surface area (Å²) in [6.45, 7) is 8.39. The summed E-state index contributed by atoms with van der Waals surface area (Å²) >= 11 is 0. The highest BCUT2D eigenvalue weighted by atomic mass is 16.3. The fourth-order valence-electron chi connectivity index (χ4n) is 1.56. The van der Waals surface area contributed by atoms with Crippen LogP contribution in [0.2, 0.25) is 0 Å². The van der Waals surface area contributed by atoms with Crippen LogP contribution >= 0.6 is 0 Å². The van der Waals surface area contributed by atoms with Crippen molar-refractivity contribution < 1.29 is 5.11 Å². The lowest BCUT2D eigenvalue weighted by Crippen LogP contribution is -2.29. The fourth-order valence-corrected chi connectivity index (χ4v) is 1.56. The first-order valence-electron chi connectivity index (χ1n) is 5.51. The highest BCUT2D eigenvalue weighted by molar-refractivity contribution is 5.00. The minimum atomic E-state index is -0.483. The lowest BCUT2D eigenvalue weighted by molar-refractivity contribution is 0.0696. The molecule has 0 aromatic rings. The standard InChI is InChI=1S/C12H25NO/c1-6-7-10(2)8-9-11(3)12(14)13(4)5/h10,12,14H,3,6-9H2,1-2,4-5H3. The molecule has 1 N–H and O–H groups in total. The molecule has 0 aliphatic rings. The zero-order chi connectivity index (χ0) is 11.1. The van der Waals surface area contributed by atoms with Crippen LogP contribution in [0.4, 0.5) is 0 Å². The van der Waals surface area contributed by atoms with Gasteiger partial charge in [0, 0.05) is 0 Å². The van der Waals surface area contributed by atoms with Gasteiger partial charge in [0.05, 0.1) is 0 Å². The Hall–Kier alpha value is -0.340. The monoisotopic (exact) mass is 199 g/mol. The quantitative estimate of drug-likeness (QED) is 0.503. The third-order valence-electron chi connectivity index (χ3n) is 2.59. The van der Waals surface area contributed by atoms with Crippen molar-refractivity contribution in [3.05, 3.63) is 12.2 Å². The van der Waals surface area contributed by atoms with Gasteiger partial charge in [-0.15, -0.1) is 0 Å². The number of nitrogens with zero attached hydrogens (tertiary/aromatic N) is 1. The number of rotatable bonds is 7. The Morgan fingerprint density at radius 1 is 1.36 bits per heavy atom. The molecule has 0 fully saturated rings. The minimum Gasteiger partial charge on any atom is -0.374 e. The summed E-state index contributed by atoms with van der Waals surface area (Å²) in [5, 5.41) is 9.66. The lowest BCUT2D eigenvalue weighted by Gasteiger charge is -2.21. The van der Waals surface area contributed by atoms with E-state index in [9.17, 15) is 5.11 Å². The van der Waals surface area contributed by atoms with Crippen LogP contribution in [0, 0.1) is 5.92 Å². The van der Waals surface area contributed by atoms with Crippen molar-refractivity contribution in [3.63, 3.8) is 0 Å². The molecule has 0 saturated heterocycles. The maximum Gasteiger partial charge on any atom is 0.128 e. The van der Waals surface area contributed by atoms with Gasteiger partial charge in [0.15, 0.2) is 0 Å². The molecular weight excluding hydrogens is 174 g/mol. The summed E-state index contributed by atoms with van der Waals surface area (Å²) in [6.07, 6.45) is 4.09. The van der Waals surface area contributed by atoms with Crippen molar-refractivity contribution in [2.75, 3.05) is 14.1 Å². The summed E-state index contributed by atoms with van der Waals surface area (Å²) in [5.41, 5.74) is 0.929. The molecule has 2 unspecified atom stereocenters. The van der Waals surface area contributed by atoms with E-state index in [0.717, 1.165) is 24.3 Å². The average molecular weight is 199 g/mol. The maximum absolute atomic E-state index is 9.66. The second-order valence-corrected chi connectivity index (χ2v) is 4.43. The summed E-state index contributed by atoms with van der Waals surface area (Å²) in [5.74, 6) is 0.742. The van der Waals surface area contributed by atoms with Gasteiger partial charge in [-0.2, -0.15) is 0 Å². The zero-order valence-corrected chi connectivity index (χ0v) is 10.1. The van der Waals surface area contributed by atoms with Crippen molar-refractivity contribution in [2.24, 2.45) is 5.92 Å². The van der Waals surface area contributed by atoms with Crippen LogP contribution in [0.1, 0.15) is 39.5 Å². The Morgan fingerprint density at radius 2 is 1.93 bits per heavy atom. The second kappa shape index (κ2) is 7.02. The summed E-state index contributed by atoms with van der Waals surface area (Å²) in [7, 11) is 3.73. The van der Waals surface area contributed by atoms with Crippen molar-refractivity contribution in [2.45, 2.75) is 45.8 Å². The SMILES string of the molecule is C=C(CCC(C)CCC)C(O)N(C)C. The van der Waals surface area contributed by atoms with Gasteiger partial charge < -0.3 is 5.11 Å². The van der Waals surface area contributed by atoms with E-state index in [-0.39, 0.29) is 0 Å². The van der Waals surface area contributed by atoms with Gasteiger partial charge in [-0.25, -0.2) is 0 Å². The predicted octanol–water partition coefficient (Wildman–Crippen LogP) is 2.64. The molecule has 2 nitrogen and oxygen atoms in total. The van der Waals surface area contributed by atoms with Crippen LogP contribution in [0.25, 0.3) is 0 Å². The van der Waals surface area contributed by atoms with E-state index in [2.05, 4.69) is 20.4 Å². The van der Waals surface area contributed by atoms with E-state index in [1.165, 1.54) is 12.8 Å². The Morgan fingerprint density at radius 3 is 2.36 bits per heavy atom. The molecule has 0 rings (SSSR count). The molecular formula is C12H25NO. The Balaban J connectivity index is 3.73. The average Bonchev–Trinajstić information content (AvgIpc) is 2.13. The van der Waals surface area contributed by atoms with Gasteiger partial charge in [-0.3, -0.25) is 4.90 Å². The normalized spacial score (nSPS) is 15.6. The molecule has 0 bridgehead atoms. The van der Waals surface area contributed by atoms with Crippen LogP contribution in [-0.4, -0.2) is 30.3 Å². The molecule has 2 atom stereocenters. The minimum absolute atomic E-state index is 0.483. The summed E-state index contributed by atoms with van der Waals surface area (Å²) in [6, 6.07) is 0. The van der Waals surface area contributed by atoms with Gasteiger partial charge in [0.2, 0.25) is 0 Å². The smallest absolute Gasteiger partial charge is 0.128 e. The molecule has 0 aromatic carbocycles. The van der Waals surface area contributed by atoms with Crippen LogP contribution < -0.4 is 0 Å². The summed E-state index contributed by atoms with van der Waals surface area (Å²) < 4.78 is 0. The third kappa shape index (κ3) is 5.40. The zero-order valence-electron chi connectivity index (χ0n) is 10.1. The van der Waals surface area contributed by atoms with Crippen LogP contribution in [-0.2, 0) is 0 Å². The van der Waals surface area contributed by atoms with E-state index in [1.54, 1.807) is 4.90 Å². The van der Waals surface area contributed by atoms with E-state index in [1.807, 2.05) is 14.1 Å².